The smallest absolute Gasteiger partial charge is 0.410 e. The van der Waals surface area contributed by atoms with E-state index in [0.717, 1.165) is 31.3 Å². The molecule has 14 rings (SSSR count). The van der Waals surface area contributed by atoms with Gasteiger partial charge in [-0.25, -0.2) is 23.7 Å². The third kappa shape index (κ3) is 23.5. The molecule has 8 heterocycles. The van der Waals surface area contributed by atoms with Crippen LogP contribution in [-0.4, -0.2) is 224 Å². The summed E-state index contributed by atoms with van der Waals surface area (Å²) in [6, 6.07) is 25.5. The number of nitrogens with one attached hydrogen (secondary N) is 5. The fraction of sp³-hybridized carbons (Fsp3) is 0.473. The van der Waals surface area contributed by atoms with E-state index in [2.05, 4.69) is 47.2 Å². The first-order valence-corrected chi connectivity index (χ1v) is 41.6. The van der Waals surface area contributed by atoms with Crippen LogP contribution in [0.2, 0.25) is 0 Å². The van der Waals surface area contributed by atoms with Gasteiger partial charge >= 0.3 is 24.1 Å². The Bertz CT molecular complexity index is 4950. The molecule has 660 valence electrons. The highest BCUT2D eigenvalue weighted by Crippen LogP contribution is 2.35. The Hall–Kier alpha value is -12.8. The first-order chi connectivity index (χ1) is 58.3. The Balaban J connectivity index is 0.924. The number of benzene rings is 6. The normalized spacial score (nSPS) is 20.7. The predicted octanol–water partition coefficient (Wildman–Crippen LogP) is 8.67. The van der Waals surface area contributed by atoms with Gasteiger partial charge in [-0.1, -0.05) is 161 Å². The summed E-state index contributed by atoms with van der Waals surface area (Å²) in [6.45, 7) is 22.7. The van der Waals surface area contributed by atoms with Crippen LogP contribution in [0, 0.1) is 16.7 Å². The second kappa shape index (κ2) is 38.3. The second-order valence-electron chi connectivity index (χ2n) is 36.6. The minimum Gasteiger partial charge on any atom is -0.487 e. The van der Waals surface area contributed by atoms with Gasteiger partial charge in [0, 0.05) is 59.3 Å². The molecule has 12 bridgehead atoms. The van der Waals surface area contributed by atoms with Gasteiger partial charge in [0.15, 0.2) is 5.78 Å². The number of nitrogens with zero attached hydrogens (tertiary/aromatic N) is 10. The van der Waals surface area contributed by atoms with Gasteiger partial charge in [0.2, 0.25) is 41.4 Å². The molecule has 7 N–H and O–H groups in total. The summed E-state index contributed by atoms with van der Waals surface area (Å²) in [5.74, 6) is -9.18. The van der Waals surface area contributed by atoms with E-state index >= 15 is 28.8 Å². The number of aromatic nitrogens is 6. The van der Waals surface area contributed by atoms with Crippen molar-refractivity contribution in [1.82, 2.24) is 76.2 Å². The minimum absolute atomic E-state index is 0.0895. The first-order valence-electron chi connectivity index (χ1n) is 41.6. The number of carbonyl (C=O) groups is 12. The van der Waals surface area contributed by atoms with Crippen LogP contribution in [-0.2, 0) is 96.3 Å². The molecule has 2 saturated heterocycles. The number of ether oxygens (including phenoxy) is 4. The van der Waals surface area contributed by atoms with E-state index in [1.807, 2.05) is 78.9 Å². The number of ketones is 1. The van der Waals surface area contributed by atoms with Crippen LogP contribution in [0.4, 0.5) is 9.59 Å². The Labute approximate surface area is 719 Å². The molecule has 33 nitrogen and oxygen atoms in total. The maximum Gasteiger partial charge on any atom is 0.410 e. The van der Waals surface area contributed by atoms with Crippen molar-refractivity contribution in [3.8, 4) is 11.5 Å². The van der Waals surface area contributed by atoms with E-state index in [-0.39, 0.29) is 64.8 Å². The highest BCUT2D eigenvalue weighted by atomic mass is 16.6. The van der Waals surface area contributed by atoms with Crippen LogP contribution in [0.1, 0.15) is 162 Å². The molecule has 6 aliphatic heterocycles. The lowest BCUT2D eigenvalue weighted by Gasteiger charge is -2.37. The largest absolute Gasteiger partial charge is 0.487 e. The van der Waals surface area contributed by atoms with Crippen LogP contribution in [0.25, 0.3) is 21.5 Å². The third-order valence-corrected chi connectivity index (χ3v) is 22.5. The lowest BCUT2D eigenvalue weighted by molar-refractivity contribution is -0.145. The van der Waals surface area contributed by atoms with Gasteiger partial charge in [0.05, 0.1) is 36.4 Å². The molecule has 2 fully saturated rings. The quantitative estimate of drug-likeness (QED) is 0.0535. The number of hydrogen-bond acceptors (Lipinski definition) is 20. The Morgan fingerprint density at radius 2 is 0.895 bits per heavy atom. The topological polar surface area (TPSA) is 417 Å². The monoisotopic (exact) mass is 1700 g/mol. The number of carboxylic acids is 2. The zero-order valence-electron chi connectivity index (χ0n) is 73.0. The SMILES string of the molecule is C[C@@H](C(=O)N[C@H](C(=O)N1C[C@@H]2C[C@H]1C(=O)N[C@@H](Cc1ccc3ccccc3c1)C(=O)C[C@H](C(=O)O)Cc1ccc(cc1)OCc1cn(nn1)[C@H]1C[C@@H](C(=O)N[C@@H](Cc3ccc4ccccc4c3)C(=O)N[C@H](C(=O)O)Cc3ccc(cc3)OCc3cn2nn3)N(C(=O)[C@@H](NC(=O)[C@H](C)N(C)C(=O)OC(C)(C)C)C(C)(C)C)C1)C(C)(C)C)N(C)C(=O)OC(C)(C)C. The average Bonchev–Trinajstić information content (AvgIpc) is 1.25. The zero-order valence-corrected chi connectivity index (χ0v) is 73.0. The lowest BCUT2D eigenvalue weighted by atomic mass is 9.85. The number of hydrogen-bond donors (Lipinski definition) is 7. The van der Waals surface area contributed by atoms with Crippen LogP contribution in [0.15, 0.2) is 146 Å². The summed E-state index contributed by atoms with van der Waals surface area (Å²) in [7, 11) is 2.79. The highest BCUT2D eigenvalue weighted by molar-refractivity contribution is 5.99. The van der Waals surface area contributed by atoms with Gasteiger partial charge in [-0.05, 0) is 147 Å². The molecule has 12 atom stereocenters. The molecule has 6 aromatic carbocycles. The van der Waals surface area contributed by atoms with Crippen LogP contribution >= 0.6 is 0 Å². The summed E-state index contributed by atoms with van der Waals surface area (Å²) in [6.07, 6.45) is 0.214. The highest BCUT2D eigenvalue weighted by Gasteiger charge is 2.50. The van der Waals surface area contributed by atoms with Gasteiger partial charge in [-0.3, -0.25) is 53.0 Å². The summed E-state index contributed by atoms with van der Waals surface area (Å²) in [4.78, 5) is 179. The Morgan fingerprint density at radius 3 is 1.29 bits per heavy atom. The van der Waals surface area contributed by atoms with Gasteiger partial charge < -0.3 is 65.5 Å². The molecule has 0 saturated carbocycles. The van der Waals surface area contributed by atoms with Crippen molar-refractivity contribution in [2.45, 2.75) is 233 Å². The molecule has 0 radical (unpaired) electrons. The van der Waals surface area contributed by atoms with E-state index in [0.29, 0.717) is 45.1 Å². The van der Waals surface area contributed by atoms with Crippen LogP contribution in [0.5, 0.6) is 11.5 Å². The molecule has 33 heteroatoms. The van der Waals surface area contributed by atoms with Gasteiger partial charge in [0.1, 0.15) is 95.6 Å². The van der Waals surface area contributed by atoms with E-state index in [1.54, 1.807) is 150 Å². The summed E-state index contributed by atoms with van der Waals surface area (Å²) in [5, 5.41) is 57.2. The number of amides is 9. The number of carbonyl (C=O) groups excluding carboxylic acids is 10. The Morgan fingerprint density at radius 1 is 0.500 bits per heavy atom. The molecule has 2 aromatic heterocycles. The molecular weight excluding hydrogens is 1590 g/mol. The van der Waals surface area contributed by atoms with E-state index in [9.17, 15) is 39.0 Å². The maximum atomic E-state index is 15.6. The van der Waals surface area contributed by atoms with Gasteiger partial charge in [0.25, 0.3) is 0 Å². The van der Waals surface area contributed by atoms with Crippen molar-refractivity contribution in [3.63, 3.8) is 0 Å². The molecule has 124 heavy (non-hydrogen) atoms. The molecular formula is C91H113N15O18. The number of aliphatic carboxylic acids is 2. The zero-order chi connectivity index (χ0) is 90.2. The molecule has 0 spiro atoms. The lowest BCUT2D eigenvalue weighted by Crippen LogP contribution is -2.61. The number of carboxylic acid groups (broad SMARTS) is 2. The minimum atomic E-state index is -1.57. The van der Waals surface area contributed by atoms with Crippen molar-refractivity contribution in [2.24, 2.45) is 16.7 Å². The molecule has 6 aliphatic rings. The van der Waals surface area contributed by atoms with Gasteiger partial charge in [-0.15, -0.1) is 10.2 Å². The number of likely N-dealkylation sites (N-methyl/N-ethyl adjacent to an activating group) is 2. The third-order valence-electron chi connectivity index (χ3n) is 22.5. The second-order valence-corrected chi connectivity index (χ2v) is 36.6. The summed E-state index contributed by atoms with van der Waals surface area (Å²) >= 11 is 0. The van der Waals surface area contributed by atoms with E-state index in [4.69, 9.17) is 18.9 Å². The number of likely N-dealkylation sites (tertiary alicyclic amines) is 2. The number of fused-ring (bicyclic) bond motifs is 2. The van der Waals surface area contributed by atoms with Crippen molar-refractivity contribution in [3.05, 3.63) is 179 Å². The Kier molecular flexibility index (Phi) is 28.4. The van der Waals surface area contributed by atoms with E-state index < -0.39 is 172 Å². The number of Topliss-reactive ketones (excluding diaryl/α,β-unsaturated/α-hetero) is 1. The van der Waals surface area contributed by atoms with Crippen molar-refractivity contribution in [2.75, 3.05) is 27.2 Å². The van der Waals surface area contributed by atoms with E-state index in [1.165, 1.54) is 47.1 Å². The maximum absolute atomic E-state index is 15.6. The van der Waals surface area contributed by atoms with Gasteiger partial charge in [-0.2, -0.15) is 0 Å². The predicted molar refractivity (Wildman–Crippen MR) is 456 cm³/mol. The van der Waals surface area contributed by atoms with Crippen LogP contribution < -0.4 is 36.1 Å². The molecule has 0 unspecified atom stereocenters. The fourth-order valence-corrected chi connectivity index (χ4v) is 15.2. The molecule has 9 amide bonds. The summed E-state index contributed by atoms with van der Waals surface area (Å²) in [5.41, 5.74) is -1.05. The summed E-state index contributed by atoms with van der Waals surface area (Å²) < 4.78 is 26.5. The van der Waals surface area contributed by atoms with Crippen molar-refractivity contribution < 1.29 is 86.7 Å². The van der Waals surface area contributed by atoms with Crippen molar-refractivity contribution >= 4 is 92.8 Å². The average molecular weight is 1700 g/mol. The number of rotatable bonds is 14. The van der Waals surface area contributed by atoms with Crippen molar-refractivity contribution in [1.29, 1.82) is 0 Å². The first kappa shape index (κ1) is 91.9. The fourth-order valence-electron chi connectivity index (χ4n) is 15.2. The molecule has 8 aromatic rings. The molecule has 0 aliphatic carbocycles. The van der Waals surface area contributed by atoms with Crippen LogP contribution in [0.3, 0.4) is 0 Å². The standard InChI is InChI=1S/C91H113N15O18/c1-52(101(15)86(119)123-90(9,10)11)77(108)95-75(88(3,4)5)82(113)103-48-65-44-72(103)80(111)92-69(41-56-25-31-58-21-17-19-23-60(58)38-56)74(107)43-62(84(115)116)37-54-27-33-67(34-28-54)121-50-63-47-106(100-97-63)66-45-73(104(49-66)83(114)76(89(6,7)8)96-78(109)53(2)102(16)87(120)124-91(12,13)14)81(112)93-70(42-57-26-32-59-22-18-20-24-61(59)39-57)79(110)94-71(85(117)118)40-55-29-35-68(36-30-55)122-51-64-46-105(65)99-98-64/h17-36,38-39,46-47,52-53,62,65-66,69-73,75-76H,37,40-45,48-51H2,1-16H3,(H,92,111)(H,93,112)(H,94,110)(H,95,108)(H,96,109)(H,115,116)(H,117,118)/t52-,53-,62+,65-,66-,69-,70-,71-,72-,73-,75+,76+/m0/s1.